The van der Waals surface area contributed by atoms with Gasteiger partial charge in [-0.2, -0.15) is 0 Å². The van der Waals surface area contributed by atoms with Crippen LogP contribution in [0.15, 0.2) is 30.3 Å². The summed E-state index contributed by atoms with van der Waals surface area (Å²) in [5.41, 5.74) is 1.57. The van der Waals surface area contributed by atoms with Crippen LogP contribution in [0, 0.1) is 11.8 Å². The highest BCUT2D eigenvalue weighted by Crippen LogP contribution is 2.47. The van der Waals surface area contributed by atoms with E-state index >= 15 is 0 Å². The highest BCUT2D eigenvalue weighted by Gasteiger charge is 2.48. The molecule has 0 saturated carbocycles. The quantitative estimate of drug-likeness (QED) is 0.771. The summed E-state index contributed by atoms with van der Waals surface area (Å²) in [7, 11) is 0. The van der Waals surface area contributed by atoms with Crippen LogP contribution in [-0.2, 0) is 0 Å². The maximum atomic E-state index is 2.95. The summed E-state index contributed by atoms with van der Waals surface area (Å²) >= 11 is 0. The number of nitrogens with zero attached hydrogens (tertiary/aromatic N) is 2. The second kappa shape index (κ2) is 5.89. The van der Waals surface area contributed by atoms with Gasteiger partial charge in [0.1, 0.15) is 0 Å². The zero-order valence-corrected chi connectivity index (χ0v) is 14.2. The maximum absolute atomic E-state index is 2.95. The van der Waals surface area contributed by atoms with Crippen molar-refractivity contribution in [3.05, 3.63) is 35.9 Å². The molecule has 1 aromatic carbocycles. The summed E-state index contributed by atoms with van der Waals surface area (Å²) in [6.07, 6.45) is 10.1. The van der Waals surface area contributed by atoms with Gasteiger partial charge in [0.25, 0.3) is 0 Å². The molecule has 1 unspecified atom stereocenters. The molecule has 23 heavy (non-hydrogen) atoms. The zero-order valence-electron chi connectivity index (χ0n) is 14.2. The van der Waals surface area contributed by atoms with E-state index in [9.17, 15) is 0 Å². The first-order chi connectivity index (χ1) is 11.4. The minimum Gasteiger partial charge on any atom is -0.300 e. The van der Waals surface area contributed by atoms with E-state index in [0.717, 1.165) is 23.9 Å². The molecule has 0 spiro atoms. The standard InChI is InChI=1S/C21H30N2/c1-2-7-16(8-3-1)20-10-6-11-21-17-13-18(15-23(20)21)19-9-4-5-12-22(19)14-17/h1-3,7-8,17-21H,4-6,9-15H2/t17-,18-,19+,20?,21-/m0/s1. The Morgan fingerprint density at radius 2 is 1.61 bits per heavy atom. The van der Waals surface area contributed by atoms with Gasteiger partial charge >= 0.3 is 0 Å². The average molecular weight is 310 g/mol. The van der Waals surface area contributed by atoms with Crippen molar-refractivity contribution in [3.8, 4) is 0 Å². The third kappa shape index (κ3) is 2.46. The largest absolute Gasteiger partial charge is 0.300 e. The highest BCUT2D eigenvalue weighted by molar-refractivity contribution is 5.21. The van der Waals surface area contributed by atoms with Crippen LogP contribution in [0.1, 0.15) is 56.6 Å². The molecule has 2 bridgehead atoms. The Morgan fingerprint density at radius 1 is 0.783 bits per heavy atom. The van der Waals surface area contributed by atoms with Crippen molar-refractivity contribution < 1.29 is 0 Å². The molecule has 4 fully saturated rings. The van der Waals surface area contributed by atoms with Crippen molar-refractivity contribution in [2.45, 2.75) is 63.1 Å². The van der Waals surface area contributed by atoms with Crippen molar-refractivity contribution in [1.29, 1.82) is 0 Å². The number of fused-ring (bicyclic) bond motifs is 6. The number of rotatable bonds is 1. The van der Waals surface area contributed by atoms with Gasteiger partial charge in [0.2, 0.25) is 0 Å². The van der Waals surface area contributed by atoms with Crippen LogP contribution in [0.2, 0.25) is 0 Å². The van der Waals surface area contributed by atoms with Crippen LogP contribution in [0.5, 0.6) is 0 Å². The lowest BCUT2D eigenvalue weighted by Gasteiger charge is -2.59. The lowest BCUT2D eigenvalue weighted by molar-refractivity contribution is -0.0910. The molecule has 0 aromatic heterocycles. The van der Waals surface area contributed by atoms with Gasteiger partial charge in [-0.05, 0) is 62.5 Å². The van der Waals surface area contributed by atoms with E-state index in [1.807, 2.05) is 0 Å². The van der Waals surface area contributed by atoms with Gasteiger partial charge in [-0.1, -0.05) is 36.8 Å². The molecule has 124 valence electrons. The Hall–Kier alpha value is -0.860. The minimum atomic E-state index is 0.690. The van der Waals surface area contributed by atoms with E-state index in [1.165, 1.54) is 64.6 Å². The second-order valence-electron chi connectivity index (χ2n) is 8.44. The van der Waals surface area contributed by atoms with Gasteiger partial charge in [-0.3, -0.25) is 9.80 Å². The van der Waals surface area contributed by atoms with Gasteiger partial charge in [0.15, 0.2) is 0 Å². The van der Waals surface area contributed by atoms with Gasteiger partial charge in [-0.25, -0.2) is 0 Å². The summed E-state index contributed by atoms with van der Waals surface area (Å²) in [5.74, 6) is 1.88. The molecule has 2 heteroatoms. The fourth-order valence-corrected chi connectivity index (χ4v) is 6.33. The fourth-order valence-electron chi connectivity index (χ4n) is 6.33. The summed E-state index contributed by atoms with van der Waals surface area (Å²) in [5, 5.41) is 0. The van der Waals surface area contributed by atoms with Crippen LogP contribution < -0.4 is 0 Å². The molecular weight excluding hydrogens is 280 g/mol. The van der Waals surface area contributed by atoms with E-state index in [4.69, 9.17) is 0 Å². The predicted molar refractivity (Wildman–Crippen MR) is 94.3 cm³/mol. The van der Waals surface area contributed by atoms with Crippen molar-refractivity contribution in [2.75, 3.05) is 19.6 Å². The Labute approximate surface area is 140 Å². The topological polar surface area (TPSA) is 6.48 Å². The smallest absolute Gasteiger partial charge is 0.0351 e. The molecule has 4 heterocycles. The summed E-state index contributed by atoms with van der Waals surface area (Å²) in [6, 6.07) is 13.8. The average Bonchev–Trinajstić information content (AvgIpc) is 2.62. The second-order valence-corrected chi connectivity index (χ2v) is 8.44. The van der Waals surface area contributed by atoms with E-state index in [0.29, 0.717) is 6.04 Å². The Kier molecular flexibility index (Phi) is 3.71. The summed E-state index contributed by atoms with van der Waals surface area (Å²) in [4.78, 5) is 5.83. The normalized spacial score (nSPS) is 41.1. The SMILES string of the molecule is c1ccc(C2CCC[C@H]3[C@H]4C[C@@H](CN23)[C@H]2CCCCN2C4)cc1. The molecule has 4 aliphatic heterocycles. The van der Waals surface area contributed by atoms with Gasteiger partial charge in [0.05, 0.1) is 0 Å². The van der Waals surface area contributed by atoms with Crippen LogP contribution in [-0.4, -0.2) is 41.5 Å². The van der Waals surface area contributed by atoms with E-state index in [1.54, 1.807) is 5.56 Å². The number of hydrogen-bond acceptors (Lipinski definition) is 2. The van der Waals surface area contributed by atoms with Gasteiger partial charge in [0, 0.05) is 31.2 Å². The van der Waals surface area contributed by atoms with Crippen LogP contribution in [0.4, 0.5) is 0 Å². The van der Waals surface area contributed by atoms with E-state index in [-0.39, 0.29) is 0 Å². The molecular formula is C21H30N2. The zero-order chi connectivity index (χ0) is 15.2. The predicted octanol–water partition coefficient (Wildman–Crippen LogP) is 4.09. The number of benzene rings is 1. The Balaban J connectivity index is 1.43. The molecule has 1 aromatic rings. The molecule has 0 aliphatic carbocycles. The first-order valence-corrected chi connectivity index (χ1v) is 9.95. The van der Waals surface area contributed by atoms with E-state index < -0.39 is 0 Å². The molecule has 4 saturated heterocycles. The maximum Gasteiger partial charge on any atom is 0.0351 e. The summed E-state index contributed by atoms with van der Waals surface area (Å²) < 4.78 is 0. The monoisotopic (exact) mass is 310 g/mol. The Morgan fingerprint density at radius 3 is 2.52 bits per heavy atom. The van der Waals surface area contributed by atoms with Crippen LogP contribution in [0.25, 0.3) is 0 Å². The fraction of sp³-hybridized carbons (Fsp3) is 0.714. The van der Waals surface area contributed by atoms with Crippen molar-refractivity contribution in [3.63, 3.8) is 0 Å². The summed E-state index contributed by atoms with van der Waals surface area (Å²) in [6.45, 7) is 4.14. The third-order valence-corrected chi connectivity index (χ3v) is 7.26. The molecule has 5 rings (SSSR count). The van der Waals surface area contributed by atoms with Crippen LogP contribution in [0.3, 0.4) is 0 Å². The number of hydrogen-bond donors (Lipinski definition) is 0. The molecule has 0 radical (unpaired) electrons. The Bertz CT molecular complexity index is 542. The number of piperidine rings is 4. The first-order valence-electron chi connectivity index (χ1n) is 9.95. The molecule has 2 nitrogen and oxygen atoms in total. The van der Waals surface area contributed by atoms with Crippen molar-refractivity contribution in [1.82, 2.24) is 9.80 Å². The highest BCUT2D eigenvalue weighted by atomic mass is 15.3. The van der Waals surface area contributed by atoms with Crippen LogP contribution >= 0.6 is 0 Å². The minimum absolute atomic E-state index is 0.690. The van der Waals surface area contributed by atoms with Gasteiger partial charge in [-0.15, -0.1) is 0 Å². The lowest BCUT2D eigenvalue weighted by Crippen LogP contribution is -2.63. The van der Waals surface area contributed by atoms with Gasteiger partial charge < -0.3 is 0 Å². The molecule has 0 amide bonds. The molecule has 4 aliphatic rings. The van der Waals surface area contributed by atoms with Crippen molar-refractivity contribution in [2.24, 2.45) is 11.8 Å². The lowest BCUT2D eigenvalue weighted by atomic mass is 9.69. The first kappa shape index (κ1) is 14.5. The molecule has 5 atom stereocenters. The van der Waals surface area contributed by atoms with E-state index in [2.05, 4.69) is 40.1 Å². The molecule has 0 N–H and O–H groups in total. The third-order valence-electron chi connectivity index (χ3n) is 7.26. The van der Waals surface area contributed by atoms with Crippen molar-refractivity contribution >= 4 is 0 Å².